The maximum Gasteiger partial charge on any atom is 0.0918 e. The van der Waals surface area contributed by atoms with Gasteiger partial charge in [0.1, 0.15) is 0 Å². The number of nitrogens with zero attached hydrogens (tertiary/aromatic N) is 2. The van der Waals surface area contributed by atoms with E-state index >= 15 is 0 Å². The average molecular weight is 299 g/mol. The van der Waals surface area contributed by atoms with Gasteiger partial charge in [0, 0.05) is 36.2 Å². The summed E-state index contributed by atoms with van der Waals surface area (Å²) in [5.74, 6) is 0.236. The summed E-state index contributed by atoms with van der Waals surface area (Å²) in [5, 5.41) is 7.27. The number of amidine groups is 1. The Labute approximate surface area is 111 Å². The van der Waals surface area contributed by atoms with Crippen molar-refractivity contribution in [2.45, 2.75) is 32.9 Å². The van der Waals surface area contributed by atoms with Crippen LogP contribution in [0.4, 0.5) is 0 Å². The summed E-state index contributed by atoms with van der Waals surface area (Å²) in [6.07, 6.45) is 2.41. The summed E-state index contributed by atoms with van der Waals surface area (Å²) < 4.78 is 0.987. The highest BCUT2D eigenvalue weighted by molar-refractivity contribution is 9.10. The van der Waals surface area contributed by atoms with E-state index in [0.717, 1.165) is 23.3 Å². The quantitative estimate of drug-likeness (QED) is 0.626. The molecule has 0 spiro atoms. The second-order valence-electron chi connectivity index (χ2n) is 4.31. The molecule has 4 nitrogen and oxygen atoms in total. The lowest BCUT2D eigenvalue weighted by atomic mass is 10.2. The molecule has 3 N–H and O–H groups in total. The summed E-state index contributed by atoms with van der Waals surface area (Å²) in [6.45, 7) is 5.86. The van der Waals surface area contributed by atoms with Crippen molar-refractivity contribution >= 4 is 21.8 Å². The summed E-state index contributed by atoms with van der Waals surface area (Å²) in [5.41, 5.74) is 6.42. The molecule has 0 saturated carbocycles. The van der Waals surface area contributed by atoms with Gasteiger partial charge in [0.05, 0.1) is 11.5 Å². The molecule has 0 saturated heterocycles. The standard InChI is InChI=1S/C12H19BrN4/c1-9(2)17(6-5-12(14)15)8-11-4-3-10(13)7-16-11/h3-4,7,9H,5-6,8H2,1-2H3,(H3,14,15). The minimum atomic E-state index is 0.236. The van der Waals surface area contributed by atoms with Crippen molar-refractivity contribution in [2.24, 2.45) is 5.73 Å². The average Bonchev–Trinajstić information content (AvgIpc) is 2.26. The van der Waals surface area contributed by atoms with Gasteiger partial charge in [-0.1, -0.05) is 0 Å². The van der Waals surface area contributed by atoms with Crippen LogP contribution in [-0.4, -0.2) is 28.3 Å². The molecule has 0 aromatic carbocycles. The van der Waals surface area contributed by atoms with Gasteiger partial charge < -0.3 is 5.73 Å². The van der Waals surface area contributed by atoms with Crippen LogP contribution in [0.25, 0.3) is 0 Å². The van der Waals surface area contributed by atoms with Crippen molar-refractivity contribution in [2.75, 3.05) is 6.54 Å². The van der Waals surface area contributed by atoms with Gasteiger partial charge >= 0.3 is 0 Å². The van der Waals surface area contributed by atoms with E-state index in [1.807, 2.05) is 12.1 Å². The molecule has 5 heteroatoms. The first-order valence-corrected chi connectivity index (χ1v) is 6.45. The molecule has 94 valence electrons. The molecule has 0 aliphatic rings. The molecular formula is C12H19BrN4. The van der Waals surface area contributed by atoms with Crippen LogP contribution >= 0.6 is 15.9 Å². The zero-order valence-electron chi connectivity index (χ0n) is 10.3. The van der Waals surface area contributed by atoms with Crippen molar-refractivity contribution in [1.29, 1.82) is 5.41 Å². The second kappa shape index (κ2) is 6.71. The molecule has 0 atom stereocenters. The van der Waals surface area contributed by atoms with Gasteiger partial charge in [-0.25, -0.2) is 0 Å². The Bertz CT molecular complexity index is 361. The van der Waals surface area contributed by atoms with Crippen molar-refractivity contribution in [3.8, 4) is 0 Å². The van der Waals surface area contributed by atoms with Crippen molar-refractivity contribution in [1.82, 2.24) is 9.88 Å². The SMILES string of the molecule is CC(C)N(CCC(=N)N)Cc1ccc(Br)cn1. The number of hydrogen-bond acceptors (Lipinski definition) is 3. The first-order valence-electron chi connectivity index (χ1n) is 5.66. The minimum Gasteiger partial charge on any atom is -0.388 e. The second-order valence-corrected chi connectivity index (χ2v) is 5.22. The third kappa shape index (κ3) is 5.28. The highest BCUT2D eigenvalue weighted by Gasteiger charge is 2.11. The van der Waals surface area contributed by atoms with Crippen LogP contribution in [0.15, 0.2) is 22.8 Å². The van der Waals surface area contributed by atoms with Gasteiger partial charge in [0.25, 0.3) is 0 Å². The van der Waals surface area contributed by atoms with Gasteiger partial charge in [-0.15, -0.1) is 0 Å². The molecule has 0 radical (unpaired) electrons. The molecule has 0 aliphatic carbocycles. The first-order chi connectivity index (χ1) is 7.99. The van der Waals surface area contributed by atoms with E-state index in [4.69, 9.17) is 11.1 Å². The monoisotopic (exact) mass is 298 g/mol. The fraction of sp³-hybridized carbons (Fsp3) is 0.500. The summed E-state index contributed by atoms with van der Waals surface area (Å²) in [6, 6.07) is 4.42. The lowest BCUT2D eigenvalue weighted by molar-refractivity contribution is 0.216. The van der Waals surface area contributed by atoms with E-state index in [0.29, 0.717) is 12.5 Å². The van der Waals surface area contributed by atoms with Gasteiger partial charge in [0.2, 0.25) is 0 Å². The topological polar surface area (TPSA) is 66.0 Å². The van der Waals surface area contributed by atoms with Crippen molar-refractivity contribution < 1.29 is 0 Å². The molecule has 1 aromatic heterocycles. The van der Waals surface area contributed by atoms with Gasteiger partial charge in [0.15, 0.2) is 0 Å². The largest absolute Gasteiger partial charge is 0.388 e. The first kappa shape index (κ1) is 14.1. The number of hydrogen-bond donors (Lipinski definition) is 2. The third-order valence-electron chi connectivity index (χ3n) is 2.55. The Morgan fingerprint density at radius 3 is 2.71 bits per heavy atom. The zero-order valence-corrected chi connectivity index (χ0v) is 11.9. The van der Waals surface area contributed by atoms with E-state index in [1.165, 1.54) is 0 Å². The fourth-order valence-corrected chi connectivity index (χ4v) is 1.73. The lowest BCUT2D eigenvalue weighted by Crippen LogP contribution is -2.33. The Balaban J connectivity index is 2.60. The van der Waals surface area contributed by atoms with E-state index in [9.17, 15) is 0 Å². The van der Waals surface area contributed by atoms with Gasteiger partial charge in [-0.05, 0) is 41.9 Å². The Morgan fingerprint density at radius 2 is 2.24 bits per heavy atom. The molecule has 0 unspecified atom stereocenters. The van der Waals surface area contributed by atoms with Crippen LogP contribution in [0, 0.1) is 5.41 Å². The number of nitrogens with two attached hydrogens (primary N) is 1. The Hall–Kier alpha value is -0.940. The van der Waals surface area contributed by atoms with Gasteiger partial charge in [-0.2, -0.15) is 0 Å². The summed E-state index contributed by atoms with van der Waals surface area (Å²) >= 11 is 3.37. The minimum absolute atomic E-state index is 0.236. The van der Waals surface area contributed by atoms with E-state index in [-0.39, 0.29) is 5.84 Å². The maximum absolute atomic E-state index is 7.27. The molecule has 0 fully saturated rings. The van der Waals surface area contributed by atoms with E-state index < -0.39 is 0 Å². The maximum atomic E-state index is 7.27. The van der Waals surface area contributed by atoms with Crippen molar-refractivity contribution in [3.63, 3.8) is 0 Å². The van der Waals surface area contributed by atoms with E-state index in [1.54, 1.807) is 6.20 Å². The van der Waals surface area contributed by atoms with Crippen LogP contribution in [0.3, 0.4) is 0 Å². The Kier molecular flexibility index (Phi) is 5.58. The van der Waals surface area contributed by atoms with Crippen molar-refractivity contribution in [3.05, 3.63) is 28.5 Å². The predicted molar refractivity (Wildman–Crippen MR) is 74.0 cm³/mol. The summed E-state index contributed by atoms with van der Waals surface area (Å²) in [4.78, 5) is 6.62. The van der Waals surface area contributed by atoms with Crippen LogP contribution in [0.5, 0.6) is 0 Å². The van der Waals surface area contributed by atoms with Crippen LogP contribution < -0.4 is 5.73 Å². The molecule has 0 amide bonds. The number of pyridine rings is 1. The smallest absolute Gasteiger partial charge is 0.0918 e. The number of aromatic nitrogens is 1. The highest BCUT2D eigenvalue weighted by Crippen LogP contribution is 2.11. The highest BCUT2D eigenvalue weighted by atomic mass is 79.9. The molecule has 1 heterocycles. The van der Waals surface area contributed by atoms with Gasteiger partial charge in [-0.3, -0.25) is 15.3 Å². The van der Waals surface area contributed by atoms with E-state index in [2.05, 4.69) is 39.7 Å². The fourth-order valence-electron chi connectivity index (χ4n) is 1.49. The van der Waals surface area contributed by atoms with Crippen LogP contribution in [0.1, 0.15) is 26.0 Å². The predicted octanol–water partition coefficient (Wildman–Crippen LogP) is 2.38. The summed E-state index contributed by atoms with van der Waals surface area (Å²) in [7, 11) is 0. The molecule has 0 aliphatic heterocycles. The normalized spacial score (nSPS) is 11.1. The lowest BCUT2D eigenvalue weighted by Gasteiger charge is -2.25. The third-order valence-corrected chi connectivity index (χ3v) is 3.02. The van der Waals surface area contributed by atoms with Crippen LogP contribution in [0.2, 0.25) is 0 Å². The number of nitrogens with one attached hydrogen (secondary N) is 1. The number of halogens is 1. The van der Waals surface area contributed by atoms with Crippen LogP contribution in [-0.2, 0) is 6.54 Å². The molecular weight excluding hydrogens is 280 g/mol. The molecule has 1 rings (SSSR count). The molecule has 0 bridgehead atoms. The Morgan fingerprint density at radius 1 is 1.53 bits per heavy atom. The number of rotatable bonds is 6. The molecule has 17 heavy (non-hydrogen) atoms. The zero-order chi connectivity index (χ0) is 12.8. The molecule has 1 aromatic rings.